The van der Waals surface area contributed by atoms with Crippen LogP contribution >= 0.6 is 0 Å². The zero-order chi connectivity index (χ0) is 18.4. The molecule has 132 valence electrons. The van der Waals surface area contributed by atoms with Crippen LogP contribution in [0, 0.1) is 0 Å². The Morgan fingerprint density at radius 2 is 1.78 bits per heavy atom. The second-order valence-electron chi connectivity index (χ2n) is 5.77. The van der Waals surface area contributed by atoms with Gasteiger partial charge in [-0.1, -0.05) is 12.7 Å². The summed E-state index contributed by atoms with van der Waals surface area (Å²) in [6.07, 6.45) is -4.55. The summed E-state index contributed by atoms with van der Waals surface area (Å²) in [4.78, 5) is 24.7. The molecule has 1 unspecified atom stereocenters. The van der Waals surface area contributed by atoms with E-state index in [-0.39, 0.29) is 6.42 Å². The van der Waals surface area contributed by atoms with Crippen molar-refractivity contribution in [1.82, 2.24) is 4.90 Å². The first kappa shape index (κ1) is 21.0. The first-order valence-electron chi connectivity index (χ1n) is 6.76. The van der Waals surface area contributed by atoms with Gasteiger partial charge in [0.2, 0.25) is 0 Å². The van der Waals surface area contributed by atoms with Crippen molar-refractivity contribution in [3.8, 4) is 0 Å². The quantitative estimate of drug-likeness (QED) is 0.550. The van der Waals surface area contributed by atoms with Crippen molar-refractivity contribution in [2.45, 2.75) is 45.0 Å². The summed E-state index contributed by atoms with van der Waals surface area (Å²) in [6.45, 7) is 10.1. The van der Waals surface area contributed by atoms with Crippen molar-refractivity contribution in [2.75, 3.05) is 13.7 Å². The number of hydrogen-bond acceptors (Lipinski definition) is 4. The van der Waals surface area contributed by atoms with Gasteiger partial charge in [0, 0.05) is 5.57 Å². The van der Waals surface area contributed by atoms with Gasteiger partial charge in [-0.15, -0.1) is 6.58 Å². The third kappa shape index (κ3) is 7.21. The minimum atomic E-state index is -4.70. The number of esters is 1. The number of carbonyl (C=O) groups excluding carboxylic acids is 2. The number of halogens is 3. The lowest BCUT2D eigenvalue weighted by Gasteiger charge is -2.32. The molecule has 1 atom stereocenters. The standard InChI is InChI=1S/C15H22F3NO4/c1-7-8-11(12(20)22-6)19(9-10(2)15(16,17)18)13(21)23-14(3,4)5/h7,11H,1-2,8-9H2,3-6H3. The van der Waals surface area contributed by atoms with Gasteiger partial charge >= 0.3 is 18.2 Å². The van der Waals surface area contributed by atoms with E-state index in [9.17, 15) is 22.8 Å². The lowest BCUT2D eigenvalue weighted by atomic mass is 10.1. The molecule has 0 rings (SSSR count). The first-order valence-corrected chi connectivity index (χ1v) is 6.76. The van der Waals surface area contributed by atoms with Crippen molar-refractivity contribution in [3.05, 3.63) is 24.8 Å². The SMILES string of the molecule is C=CCC(C(=O)OC)N(CC(=C)C(F)(F)F)C(=O)OC(C)(C)C. The maximum absolute atomic E-state index is 12.7. The van der Waals surface area contributed by atoms with Crippen LogP contribution in [0.25, 0.3) is 0 Å². The zero-order valence-corrected chi connectivity index (χ0v) is 13.7. The fourth-order valence-electron chi connectivity index (χ4n) is 1.56. The lowest BCUT2D eigenvalue weighted by molar-refractivity contribution is -0.147. The average molecular weight is 337 g/mol. The minimum absolute atomic E-state index is 0.0863. The van der Waals surface area contributed by atoms with Gasteiger partial charge in [-0.05, 0) is 27.2 Å². The second kappa shape index (κ2) is 8.03. The molecule has 8 heteroatoms. The van der Waals surface area contributed by atoms with Crippen LogP contribution in [-0.2, 0) is 14.3 Å². The molecule has 0 aromatic heterocycles. The lowest BCUT2D eigenvalue weighted by Crippen LogP contribution is -2.49. The molecule has 0 heterocycles. The van der Waals surface area contributed by atoms with Crippen LogP contribution in [0.15, 0.2) is 24.8 Å². The number of nitrogens with zero attached hydrogens (tertiary/aromatic N) is 1. The Hall–Kier alpha value is -1.99. The predicted molar refractivity (Wildman–Crippen MR) is 78.8 cm³/mol. The van der Waals surface area contributed by atoms with E-state index in [0.29, 0.717) is 4.90 Å². The summed E-state index contributed by atoms with van der Waals surface area (Å²) in [5, 5.41) is 0. The Bertz CT molecular complexity index is 466. The Morgan fingerprint density at radius 3 is 2.13 bits per heavy atom. The molecule has 5 nitrogen and oxygen atoms in total. The van der Waals surface area contributed by atoms with Crippen molar-refractivity contribution < 1.29 is 32.2 Å². The number of alkyl halides is 3. The van der Waals surface area contributed by atoms with E-state index < -0.39 is 42.0 Å². The van der Waals surface area contributed by atoms with Crippen molar-refractivity contribution in [3.63, 3.8) is 0 Å². The van der Waals surface area contributed by atoms with Gasteiger partial charge in [-0.3, -0.25) is 4.90 Å². The molecule has 0 aliphatic rings. The maximum atomic E-state index is 12.7. The van der Waals surface area contributed by atoms with E-state index in [0.717, 1.165) is 7.11 Å². The molecular weight excluding hydrogens is 315 g/mol. The Labute approximate surface area is 133 Å². The fraction of sp³-hybridized carbons (Fsp3) is 0.600. The van der Waals surface area contributed by atoms with E-state index >= 15 is 0 Å². The van der Waals surface area contributed by atoms with E-state index in [4.69, 9.17) is 4.74 Å². The average Bonchev–Trinajstić information content (AvgIpc) is 2.38. The van der Waals surface area contributed by atoms with Crippen LogP contribution in [0.5, 0.6) is 0 Å². The van der Waals surface area contributed by atoms with Crippen LogP contribution in [0.1, 0.15) is 27.2 Å². The van der Waals surface area contributed by atoms with Gasteiger partial charge in [-0.25, -0.2) is 9.59 Å². The highest BCUT2D eigenvalue weighted by Crippen LogP contribution is 2.26. The van der Waals surface area contributed by atoms with Crippen molar-refractivity contribution in [1.29, 1.82) is 0 Å². The Balaban J connectivity index is 5.57. The van der Waals surface area contributed by atoms with Crippen LogP contribution in [0.4, 0.5) is 18.0 Å². The summed E-state index contributed by atoms with van der Waals surface area (Å²) in [6, 6.07) is -1.29. The van der Waals surface area contributed by atoms with E-state index in [1.165, 1.54) is 6.08 Å². The van der Waals surface area contributed by atoms with E-state index in [2.05, 4.69) is 17.9 Å². The summed E-state index contributed by atoms with van der Waals surface area (Å²) in [5.41, 5.74) is -2.12. The van der Waals surface area contributed by atoms with Crippen LogP contribution in [0.3, 0.4) is 0 Å². The van der Waals surface area contributed by atoms with Gasteiger partial charge < -0.3 is 9.47 Å². The van der Waals surface area contributed by atoms with Crippen LogP contribution in [-0.4, -0.2) is 48.4 Å². The van der Waals surface area contributed by atoms with E-state index in [1.54, 1.807) is 20.8 Å². The Morgan fingerprint density at radius 1 is 1.26 bits per heavy atom. The molecule has 23 heavy (non-hydrogen) atoms. The molecule has 0 aromatic carbocycles. The van der Waals surface area contributed by atoms with Gasteiger partial charge in [0.05, 0.1) is 13.7 Å². The molecule has 0 aromatic rings. The molecule has 0 radical (unpaired) electrons. The maximum Gasteiger partial charge on any atom is 0.413 e. The summed E-state index contributed by atoms with van der Waals surface area (Å²) < 4.78 is 47.8. The smallest absolute Gasteiger partial charge is 0.413 e. The highest BCUT2D eigenvalue weighted by atomic mass is 19.4. The molecule has 0 aliphatic heterocycles. The third-order valence-corrected chi connectivity index (χ3v) is 2.63. The summed E-state index contributed by atoms with van der Waals surface area (Å²) in [7, 11) is 1.07. The zero-order valence-electron chi connectivity index (χ0n) is 13.7. The van der Waals surface area contributed by atoms with Gasteiger partial charge in [0.15, 0.2) is 0 Å². The molecule has 0 fully saturated rings. The van der Waals surface area contributed by atoms with Gasteiger partial charge in [0.1, 0.15) is 11.6 Å². The van der Waals surface area contributed by atoms with Crippen LogP contribution in [0.2, 0.25) is 0 Å². The van der Waals surface area contributed by atoms with Crippen molar-refractivity contribution >= 4 is 12.1 Å². The highest BCUT2D eigenvalue weighted by molar-refractivity contribution is 5.82. The predicted octanol–water partition coefficient (Wildman–Crippen LogP) is 3.46. The van der Waals surface area contributed by atoms with Crippen LogP contribution < -0.4 is 0 Å². The second-order valence-corrected chi connectivity index (χ2v) is 5.77. The summed E-state index contributed by atoms with van der Waals surface area (Å²) >= 11 is 0. The van der Waals surface area contributed by atoms with Gasteiger partial charge in [-0.2, -0.15) is 13.2 Å². The molecule has 1 amide bonds. The monoisotopic (exact) mass is 337 g/mol. The number of carbonyl (C=O) groups is 2. The normalized spacial score (nSPS) is 13.0. The number of methoxy groups -OCH3 is 1. The summed E-state index contributed by atoms with van der Waals surface area (Å²) in [5.74, 6) is -0.870. The molecule has 0 aliphatic carbocycles. The number of hydrogen-bond donors (Lipinski definition) is 0. The molecular formula is C15H22F3NO4. The number of ether oxygens (including phenoxy) is 2. The number of rotatable bonds is 6. The molecule has 0 spiro atoms. The Kier molecular flexibility index (Phi) is 7.33. The third-order valence-electron chi connectivity index (χ3n) is 2.63. The molecule has 0 saturated heterocycles. The largest absolute Gasteiger partial charge is 0.467 e. The minimum Gasteiger partial charge on any atom is -0.467 e. The topological polar surface area (TPSA) is 55.8 Å². The van der Waals surface area contributed by atoms with E-state index in [1.807, 2.05) is 0 Å². The molecule has 0 bridgehead atoms. The van der Waals surface area contributed by atoms with Crippen molar-refractivity contribution in [2.24, 2.45) is 0 Å². The fourth-order valence-corrected chi connectivity index (χ4v) is 1.56. The molecule has 0 N–H and O–H groups in total. The first-order chi connectivity index (χ1) is 10.3. The number of amides is 1. The highest BCUT2D eigenvalue weighted by Gasteiger charge is 2.39. The molecule has 0 saturated carbocycles. The van der Waals surface area contributed by atoms with Gasteiger partial charge in [0.25, 0.3) is 0 Å².